The van der Waals surface area contributed by atoms with Crippen LogP contribution in [0, 0.1) is 0 Å². The summed E-state index contributed by atoms with van der Waals surface area (Å²) < 4.78 is 125. The SMILES string of the molecule is O=C(C[C@](O)(C(F)(F)F)C(F)(F)Cl)C[C@](O)(C(F)(F)F)C(F)(F)Cl. The first kappa shape index (κ1) is 23.5. The summed E-state index contributed by atoms with van der Waals surface area (Å²) in [6.45, 7) is 0. The number of ketones is 1. The largest absolute Gasteiger partial charge is 0.425 e. The van der Waals surface area contributed by atoms with E-state index in [4.69, 9.17) is 10.2 Å². The molecule has 0 heterocycles. The highest BCUT2D eigenvalue weighted by Crippen LogP contribution is 2.50. The standard InChI is InChI=1S/C9H6Cl2F10O3/c10-6(12,13)4(23,8(16,17)18)1-3(22)2-5(24,7(11,14)15)9(19,20)21/h23-24H,1-2H2/t4-,5-/m1/s1. The average Bonchev–Trinajstić information content (AvgIpc) is 2.21. The highest BCUT2D eigenvalue weighted by molar-refractivity contribution is 6.23. The quantitative estimate of drug-likeness (QED) is 0.508. The molecule has 0 aliphatic rings. The number of Topliss-reactive ketones (excluding diaryl/α,β-unsaturated/α-hetero) is 1. The third-order valence-electron chi connectivity index (χ3n) is 2.78. The zero-order valence-corrected chi connectivity index (χ0v) is 12.3. The maximum Gasteiger partial charge on any atom is 0.425 e. The lowest BCUT2D eigenvalue weighted by atomic mass is 9.89. The highest BCUT2D eigenvalue weighted by atomic mass is 35.5. The van der Waals surface area contributed by atoms with Crippen LogP contribution in [0.3, 0.4) is 0 Å². The molecule has 15 heteroatoms. The Morgan fingerprint density at radius 2 is 0.875 bits per heavy atom. The van der Waals surface area contributed by atoms with Gasteiger partial charge in [-0.3, -0.25) is 4.79 Å². The molecule has 2 atom stereocenters. The Morgan fingerprint density at radius 1 is 0.667 bits per heavy atom. The van der Waals surface area contributed by atoms with Gasteiger partial charge in [-0.25, -0.2) is 0 Å². The molecule has 144 valence electrons. The van der Waals surface area contributed by atoms with Crippen LogP contribution >= 0.6 is 23.2 Å². The molecule has 0 aliphatic carbocycles. The summed E-state index contributed by atoms with van der Waals surface area (Å²) in [6, 6.07) is 0. The Bertz CT molecular complexity index is 406. The lowest BCUT2D eigenvalue weighted by Gasteiger charge is -2.36. The fourth-order valence-electron chi connectivity index (χ4n) is 1.36. The van der Waals surface area contributed by atoms with E-state index < -0.39 is 52.9 Å². The van der Waals surface area contributed by atoms with Crippen LogP contribution in [0.2, 0.25) is 0 Å². The van der Waals surface area contributed by atoms with Gasteiger partial charge in [0.15, 0.2) is 0 Å². The molecule has 0 amide bonds. The summed E-state index contributed by atoms with van der Waals surface area (Å²) >= 11 is 8.01. The Morgan fingerprint density at radius 3 is 1.00 bits per heavy atom. The number of alkyl halides is 12. The van der Waals surface area contributed by atoms with Gasteiger partial charge in [0.25, 0.3) is 0 Å². The van der Waals surface area contributed by atoms with Crippen molar-refractivity contribution in [1.29, 1.82) is 0 Å². The molecule has 2 N–H and O–H groups in total. The average molecular weight is 423 g/mol. The van der Waals surface area contributed by atoms with E-state index in [9.17, 15) is 48.7 Å². The fourth-order valence-corrected chi connectivity index (χ4v) is 1.70. The number of carbonyl (C=O) groups is 1. The molecule has 0 saturated heterocycles. The summed E-state index contributed by atoms with van der Waals surface area (Å²) in [7, 11) is 0. The number of hydrogen-bond acceptors (Lipinski definition) is 3. The Kier molecular flexibility index (Phi) is 6.18. The summed E-state index contributed by atoms with van der Waals surface area (Å²) in [5.41, 5.74) is -10.7. The van der Waals surface area contributed by atoms with Crippen LogP contribution in [0.25, 0.3) is 0 Å². The third-order valence-corrected chi connectivity index (χ3v) is 3.41. The smallest absolute Gasteiger partial charge is 0.375 e. The summed E-state index contributed by atoms with van der Waals surface area (Å²) in [4.78, 5) is 11.2. The number of carbonyl (C=O) groups excluding carboxylic acids is 1. The zero-order chi connectivity index (χ0) is 20.0. The Balaban J connectivity index is 5.74. The molecule has 3 nitrogen and oxygen atoms in total. The lowest BCUT2D eigenvalue weighted by molar-refractivity contribution is -0.316. The second-order valence-electron chi connectivity index (χ2n) is 4.60. The highest BCUT2D eigenvalue weighted by Gasteiger charge is 2.72. The second-order valence-corrected chi connectivity index (χ2v) is 5.55. The van der Waals surface area contributed by atoms with Crippen LogP contribution in [0.4, 0.5) is 43.9 Å². The minimum absolute atomic E-state index is 2.66. The van der Waals surface area contributed by atoms with Gasteiger partial charge < -0.3 is 10.2 Å². The molecule has 0 aromatic heterocycles. The number of aliphatic hydroxyl groups is 2. The normalized spacial score (nSPS) is 19.6. The number of hydrogen-bond donors (Lipinski definition) is 2. The van der Waals surface area contributed by atoms with Gasteiger partial charge in [-0.1, -0.05) is 0 Å². The van der Waals surface area contributed by atoms with Gasteiger partial charge in [-0.05, 0) is 23.2 Å². The number of halogens is 12. The summed E-state index contributed by atoms with van der Waals surface area (Å²) in [5, 5.41) is 6.50. The molecule has 0 fully saturated rings. The zero-order valence-electron chi connectivity index (χ0n) is 10.8. The van der Waals surface area contributed by atoms with Crippen molar-refractivity contribution in [3.05, 3.63) is 0 Å². The van der Waals surface area contributed by atoms with Crippen molar-refractivity contribution in [2.45, 2.75) is 47.2 Å². The van der Waals surface area contributed by atoms with Crippen molar-refractivity contribution in [1.82, 2.24) is 0 Å². The topological polar surface area (TPSA) is 57.5 Å². The molecule has 0 spiro atoms. The van der Waals surface area contributed by atoms with E-state index >= 15 is 0 Å². The fraction of sp³-hybridized carbons (Fsp3) is 0.889. The first-order chi connectivity index (χ1) is 10.1. The van der Waals surface area contributed by atoms with E-state index in [1.807, 2.05) is 0 Å². The van der Waals surface area contributed by atoms with E-state index in [2.05, 4.69) is 23.2 Å². The summed E-state index contributed by atoms with van der Waals surface area (Å²) in [6.07, 6.45) is -18.3. The minimum Gasteiger partial charge on any atom is -0.375 e. The van der Waals surface area contributed by atoms with Crippen LogP contribution in [0.5, 0.6) is 0 Å². The predicted octanol–water partition coefficient (Wildman–Crippen LogP) is 3.59. The van der Waals surface area contributed by atoms with Gasteiger partial charge >= 0.3 is 23.1 Å². The van der Waals surface area contributed by atoms with Crippen LogP contribution in [0.1, 0.15) is 12.8 Å². The molecule has 24 heavy (non-hydrogen) atoms. The molecule has 0 radical (unpaired) electrons. The van der Waals surface area contributed by atoms with Crippen LogP contribution in [-0.4, -0.2) is 50.3 Å². The van der Waals surface area contributed by atoms with Gasteiger partial charge in [0.2, 0.25) is 11.2 Å². The third kappa shape index (κ3) is 4.35. The maximum atomic E-state index is 12.7. The van der Waals surface area contributed by atoms with Gasteiger partial charge in [0.1, 0.15) is 5.78 Å². The minimum atomic E-state index is -6.33. The van der Waals surface area contributed by atoms with E-state index in [0.717, 1.165) is 0 Å². The maximum absolute atomic E-state index is 12.7. The van der Waals surface area contributed by atoms with E-state index in [0.29, 0.717) is 0 Å². The Labute approximate surface area is 136 Å². The molecular weight excluding hydrogens is 417 g/mol. The molecule has 0 aromatic rings. The lowest BCUT2D eigenvalue weighted by Crippen LogP contribution is -2.60. The van der Waals surface area contributed by atoms with Gasteiger partial charge in [0.05, 0.1) is 12.8 Å². The van der Waals surface area contributed by atoms with Crippen LogP contribution in [0.15, 0.2) is 0 Å². The first-order valence-corrected chi connectivity index (χ1v) is 6.09. The van der Waals surface area contributed by atoms with Crippen molar-refractivity contribution < 1.29 is 58.9 Å². The first-order valence-electron chi connectivity index (χ1n) is 5.33. The van der Waals surface area contributed by atoms with Crippen molar-refractivity contribution in [2.24, 2.45) is 0 Å². The van der Waals surface area contributed by atoms with Crippen molar-refractivity contribution >= 4 is 29.0 Å². The molecule has 0 unspecified atom stereocenters. The predicted molar refractivity (Wildman–Crippen MR) is 57.9 cm³/mol. The van der Waals surface area contributed by atoms with E-state index in [1.165, 1.54) is 0 Å². The van der Waals surface area contributed by atoms with Crippen molar-refractivity contribution in [2.75, 3.05) is 0 Å². The van der Waals surface area contributed by atoms with E-state index in [1.54, 1.807) is 0 Å². The second kappa shape index (κ2) is 6.32. The van der Waals surface area contributed by atoms with Crippen molar-refractivity contribution in [3.63, 3.8) is 0 Å². The molecule has 0 aromatic carbocycles. The van der Waals surface area contributed by atoms with Crippen LogP contribution < -0.4 is 0 Å². The van der Waals surface area contributed by atoms with Gasteiger partial charge in [-0.2, -0.15) is 43.9 Å². The number of rotatable bonds is 6. The van der Waals surface area contributed by atoms with E-state index in [-0.39, 0.29) is 0 Å². The van der Waals surface area contributed by atoms with Crippen LogP contribution in [-0.2, 0) is 4.79 Å². The molecule has 0 rings (SSSR count). The Hall–Kier alpha value is -0.530. The molecule has 0 bridgehead atoms. The van der Waals surface area contributed by atoms with Gasteiger partial charge in [-0.15, -0.1) is 0 Å². The van der Waals surface area contributed by atoms with Crippen molar-refractivity contribution in [3.8, 4) is 0 Å². The monoisotopic (exact) mass is 422 g/mol. The molecule has 0 aliphatic heterocycles. The van der Waals surface area contributed by atoms with Gasteiger partial charge in [0, 0.05) is 0 Å². The molecular formula is C9H6Cl2F10O3. The summed E-state index contributed by atoms with van der Waals surface area (Å²) in [5.74, 6) is -2.66. The molecule has 0 saturated carbocycles.